The minimum absolute atomic E-state index is 0.0217. The van der Waals surface area contributed by atoms with E-state index in [9.17, 15) is 4.79 Å². The van der Waals surface area contributed by atoms with Gasteiger partial charge in [-0.05, 0) is 53.8 Å². The molecule has 2 aromatic heterocycles. The van der Waals surface area contributed by atoms with Gasteiger partial charge in [0.05, 0.1) is 6.04 Å². The van der Waals surface area contributed by atoms with Crippen molar-refractivity contribution < 1.29 is 4.79 Å². The van der Waals surface area contributed by atoms with Crippen LogP contribution in [0.15, 0.2) is 29.1 Å². The highest BCUT2D eigenvalue weighted by Crippen LogP contribution is 2.20. The predicted octanol–water partition coefficient (Wildman–Crippen LogP) is 2.66. The number of aromatic nitrogens is 2. The lowest BCUT2D eigenvalue weighted by Crippen LogP contribution is -2.51. The van der Waals surface area contributed by atoms with Crippen LogP contribution < -0.4 is 10.2 Å². The van der Waals surface area contributed by atoms with Gasteiger partial charge in [-0.2, -0.15) is 16.4 Å². The van der Waals surface area contributed by atoms with Crippen LogP contribution in [0.2, 0.25) is 0 Å². The van der Waals surface area contributed by atoms with Gasteiger partial charge < -0.3 is 15.1 Å². The summed E-state index contributed by atoms with van der Waals surface area (Å²) < 4.78 is 0. The molecule has 3 rings (SSSR count). The van der Waals surface area contributed by atoms with Gasteiger partial charge in [0.2, 0.25) is 0 Å². The molecule has 2 amide bonds. The van der Waals surface area contributed by atoms with Crippen LogP contribution in [0.4, 0.5) is 10.6 Å². The Hall–Kier alpha value is -2.15. The molecule has 1 fully saturated rings. The molecular weight excluding hydrogens is 322 g/mol. The van der Waals surface area contributed by atoms with Gasteiger partial charge >= 0.3 is 6.03 Å². The molecule has 0 bridgehead atoms. The smallest absolute Gasteiger partial charge is 0.317 e. The van der Waals surface area contributed by atoms with E-state index >= 15 is 0 Å². The third-order valence-electron chi connectivity index (χ3n) is 4.54. The van der Waals surface area contributed by atoms with E-state index in [4.69, 9.17) is 0 Å². The van der Waals surface area contributed by atoms with Crippen LogP contribution >= 0.6 is 11.3 Å². The molecule has 0 saturated carbocycles. The maximum absolute atomic E-state index is 12.5. The molecule has 0 aromatic carbocycles. The second-order valence-electron chi connectivity index (χ2n) is 6.17. The number of hydrogen-bond donors (Lipinski definition) is 1. The minimum Gasteiger partial charge on any atom is -0.353 e. The normalized spacial score (nSPS) is 17.6. The van der Waals surface area contributed by atoms with Gasteiger partial charge in [-0.1, -0.05) is 0 Å². The van der Waals surface area contributed by atoms with Crippen molar-refractivity contribution in [2.24, 2.45) is 0 Å². The minimum atomic E-state index is -0.0217. The number of amides is 2. The molecule has 1 saturated heterocycles. The fourth-order valence-electron chi connectivity index (χ4n) is 2.97. The molecular formula is C17H23N5OS. The number of rotatable bonds is 4. The first-order valence-corrected chi connectivity index (χ1v) is 9.14. The van der Waals surface area contributed by atoms with Crippen LogP contribution in [0.1, 0.15) is 24.0 Å². The van der Waals surface area contributed by atoms with Crippen molar-refractivity contribution in [1.29, 1.82) is 0 Å². The summed E-state index contributed by atoms with van der Waals surface area (Å²) in [6.45, 7) is 4.40. The van der Waals surface area contributed by atoms with Crippen molar-refractivity contribution in [1.82, 2.24) is 20.4 Å². The molecule has 3 heterocycles. The first kappa shape index (κ1) is 16.7. The average molecular weight is 345 g/mol. The van der Waals surface area contributed by atoms with E-state index in [-0.39, 0.29) is 12.1 Å². The van der Waals surface area contributed by atoms with E-state index in [1.54, 1.807) is 17.5 Å². The van der Waals surface area contributed by atoms with Crippen LogP contribution in [0, 0.1) is 6.92 Å². The van der Waals surface area contributed by atoms with Gasteiger partial charge in [0, 0.05) is 32.9 Å². The summed E-state index contributed by atoms with van der Waals surface area (Å²) >= 11 is 1.67. The molecule has 6 nitrogen and oxygen atoms in total. The maximum Gasteiger partial charge on any atom is 0.317 e. The van der Waals surface area contributed by atoms with Gasteiger partial charge in [-0.25, -0.2) is 4.79 Å². The summed E-state index contributed by atoms with van der Waals surface area (Å²) in [6.07, 6.45) is 3.73. The highest BCUT2D eigenvalue weighted by Gasteiger charge is 2.26. The summed E-state index contributed by atoms with van der Waals surface area (Å²) in [4.78, 5) is 16.5. The molecule has 0 aliphatic carbocycles. The average Bonchev–Trinajstić information content (AvgIpc) is 3.05. The lowest BCUT2D eigenvalue weighted by atomic mass is 10.0. The van der Waals surface area contributed by atoms with Crippen molar-refractivity contribution in [2.75, 3.05) is 25.0 Å². The number of anilines is 1. The van der Waals surface area contributed by atoms with Crippen LogP contribution in [-0.4, -0.2) is 47.3 Å². The summed E-state index contributed by atoms with van der Waals surface area (Å²) in [5, 5.41) is 15.3. The Balaban J connectivity index is 1.56. The van der Waals surface area contributed by atoms with Gasteiger partial charge in [-0.15, -0.1) is 5.10 Å². The van der Waals surface area contributed by atoms with Crippen molar-refractivity contribution in [2.45, 2.75) is 32.4 Å². The number of nitrogens with one attached hydrogen (secondary N) is 1. The molecule has 2 aromatic rings. The third-order valence-corrected chi connectivity index (χ3v) is 5.45. The number of nitrogens with zero attached hydrogens (tertiary/aromatic N) is 4. The van der Waals surface area contributed by atoms with E-state index in [0.29, 0.717) is 6.54 Å². The zero-order valence-corrected chi connectivity index (χ0v) is 14.9. The number of carbonyl (C=O) groups is 1. The van der Waals surface area contributed by atoms with Crippen molar-refractivity contribution in [3.8, 4) is 0 Å². The Morgan fingerprint density at radius 3 is 3.08 bits per heavy atom. The first-order chi connectivity index (χ1) is 11.6. The number of likely N-dealkylation sites (N-methyl/N-ethyl adjacent to an activating group) is 1. The maximum atomic E-state index is 12.5. The van der Waals surface area contributed by atoms with E-state index in [1.807, 2.05) is 24.1 Å². The fraction of sp³-hybridized carbons (Fsp3) is 0.471. The van der Waals surface area contributed by atoms with Crippen molar-refractivity contribution in [3.63, 3.8) is 0 Å². The van der Waals surface area contributed by atoms with E-state index in [2.05, 4.69) is 38.1 Å². The number of urea groups is 1. The lowest BCUT2D eigenvalue weighted by molar-refractivity contribution is 0.182. The molecule has 24 heavy (non-hydrogen) atoms. The summed E-state index contributed by atoms with van der Waals surface area (Å²) in [6, 6.07) is 4.02. The van der Waals surface area contributed by atoms with Crippen LogP contribution in [0.3, 0.4) is 0 Å². The Kier molecular flexibility index (Phi) is 5.30. The molecule has 1 atom stereocenters. The van der Waals surface area contributed by atoms with Gasteiger partial charge in [0.25, 0.3) is 0 Å². The molecule has 0 unspecified atom stereocenters. The number of hydrogen-bond acceptors (Lipinski definition) is 5. The number of piperidine rings is 1. The van der Waals surface area contributed by atoms with Crippen LogP contribution in [0.25, 0.3) is 0 Å². The summed E-state index contributed by atoms with van der Waals surface area (Å²) in [7, 11) is 1.88. The molecule has 1 aliphatic rings. The topological polar surface area (TPSA) is 61.4 Å². The lowest BCUT2D eigenvalue weighted by Gasteiger charge is -2.37. The van der Waals surface area contributed by atoms with E-state index in [0.717, 1.165) is 31.7 Å². The monoisotopic (exact) mass is 345 g/mol. The number of carbonyl (C=O) groups excluding carboxylic acids is 1. The quantitative estimate of drug-likeness (QED) is 0.925. The standard InChI is InChI=1S/C17H23N5OS/c1-13-11-24-12-14(13)9-18-17(23)21(2)15-5-4-8-22(10-15)16-6-3-7-19-20-16/h3,6-7,11-12,15H,4-5,8-10H2,1-2H3,(H,18,23)/t15-/m0/s1. The largest absolute Gasteiger partial charge is 0.353 e. The molecule has 0 radical (unpaired) electrons. The first-order valence-electron chi connectivity index (χ1n) is 8.20. The Labute approximate surface area is 146 Å². The predicted molar refractivity (Wildman–Crippen MR) is 96.3 cm³/mol. The third kappa shape index (κ3) is 3.84. The second kappa shape index (κ2) is 7.61. The molecule has 0 spiro atoms. The van der Waals surface area contributed by atoms with Crippen LogP contribution in [0.5, 0.6) is 0 Å². The van der Waals surface area contributed by atoms with Gasteiger partial charge in [0.15, 0.2) is 5.82 Å². The highest BCUT2D eigenvalue weighted by molar-refractivity contribution is 7.08. The second-order valence-corrected chi connectivity index (χ2v) is 6.92. The highest BCUT2D eigenvalue weighted by atomic mass is 32.1. The van der Waals surface area contributed by atoms with Crippen molar-refractivity contribution >= 4 is 23.2 Å². The number of aryl methyl sites for hydroxylation is 1. The molecule has 1 N–H and O–H groups in total. The summed E-state index contributed by atoms with van der Waals surface area (Å²) in [5.41, 5.74) is 2.42. The van der Waals surface area contributed by atoms with Crippen molar-refractivity contribution in [3.05, 3.63) is 40.2 Å². The summed E-state index contributed by atoms with van der Waals surface area (Å²) in [5.74, 6) is 0.880. The van der Waals surface area contributed by atoms with Gasteiger partial charge in [0.1, 0.15) is 0 Å². The molecule has 1 aliphatic heterocycles. The Morgan fingerprint density at radius 2 is 2.38 bits per heavy atom. The Morgan fingerprint density at radius 1 is 1.50 bits per heavy atom. The van der Waals surface area contributed by atoms with Crippen LogP contribution in [-0.2, 0) is 6.54 Å². The SMILES string of the molecule is Cc1cscc1CNC(=O)N(C)[C@H]1CCCN(c2cccnn2)C1. The Bertz CT molecular complexity index is 675. The number of thiophene rings is 1. The zero-order valence-electron chi connectivity index (χ0n) is 14.1. The fourth-order valence-corrected chi connectivity index (χ4v) is 3.83. The van der Waals surface area contributed by atoms with E-state index < -0.39 is 0 Å². The van der Waals surface area contributed by atoms with Gasteiger partial charge in [-0.3, -0.25) is 0 Å². The molecule has 7 heteroatoms. The molecule has 128 valence electrons. The van der Waals surface area contributed by atoms with E-state index in [1.165, 1.54) is 11.1 Å². The zero-order chi connectivity index (χ0) is 16.9.